The highest BCUT2D eigenvalue weighted by molar-refractivity contribution is 5.74. The van der Waals surface area contributed by atoms with E-state index in [9.17, 15) is 66.4 Å². The molecule has 0 aromatic heterocycles. The molecule has 17 nitrogen and oxygen atoms in total. The van der Waals surface area contributed by atoms with Crippen LogP contribution in [-0.4, -0.2) is 104 Å². The van der Waals surface area contributed by atoms with Crippen LogP contribution in [0.3, 0.4) is 0 Å². The molecule has 79 heavy (non-hydrogen) atoms. The van der Waals surface area contributed by atoms with Gasteiger partial charge in [0.15, 0.2) is 0 Å². The van der Waals surface area contributed by atoms with Crippen molar-refractivity contribution in [2.45, 2.75) is 78.4 Å². The third-order valence-corrected chi connectivity index (χ3v) is 16.5. The summed E-state index contributed by atoms with van der Waals surface area (Å²) >= 11 is 0. The molecule has 13 rings (SSSR count). The van der Waals surface area contributed by atoms with E-state index < -0.39 is 85.0 Å². The van der Waals surface area contributed by atoms with Gasteiger partial charge in [0.25, 0.3) is 0 Å². The number of rotatable bonds is 9. The van der Waals surface area contributed by atoms with Crippen LogP contribution in [0.15, 0.2) is 146 Å². The number of fused-ring (bicyclic) bond motifs is 3. The van der Waals surface area contributed by atoms with Gasteiger partial charge in [-0.15, -0.1) is 0 Å². The lowest BCUT2D eigenvalue weighted by molar-refractivity contribution is -0.277. The van der Waals surface area contributed by atoms with Crippen LogP contribution in [0, 0.1) is 0 Å². The quantitative estimate of drug-likeness (QED) is 0.0653. The van der Waals surface area contributed by atoms with Crippen molar-refractivity contribution in [3.05, 3.63) is 212 Å². The van der Waals surface area contributed by atoms with Gasteiger partial charge in [-0.1, -0.05) is 48.5 Å². The summed E-state index contributed by atoms with van der Waals surface area (Å²) in [5, 5.41) is 145. The molecule has 8 aromatic carbocycles. The second-order valence-corrected chi connectivity index (χ2v) is 21.0. The normalized spacial score (nSPS) is 27.0. The predicted octanol–water partition coefficient (Wildman–Crippen LogP) is 7.91. The van der Waals surface area contributed by atoms with Crippen LogP contribution in [0.1, 0.15) is 114 Å². The first-order valence-electron chi connectivity index (χ1n) is 25.7. The molecular weight excluding hydrogens is 1020 g/mol. The minimum absolute atomic E-state index is 0.0123. The van der Waals surface area contributed by atoms with Gasteiger partial charge in [0, 0.05) is 70.2 Å². The molecular formula is C62H52O17. The zero-order valence-electron chi connectivity index (χ0n) is 41.5. The number of hydrogen-bond acceptors (Lipinski definition) is 17. The first kappa shape index (κ1) is 49.7. The highest BCUT2D eigenvalue weighted by atomic mass is 16.7. The van der Waals surface area contributed by atoms with E-state index in [0.29, 0.717) is 72.5 Å². The van der Waals surface area contributed by atoms with E-state index in [1.165, 1.54) is 48.5 Å². The molecule has 3 aliphatic heterocycles. The predicted molar refractivity (Wildman–Crippen MR) is 281 cm³/mol. The van der Waals surface area contributed by atoms with Gasteiger partial charge in [-0.2, -0.15) is 0 Å². The van der Waals surface area contributed by atoms with Crippen LogP contribution < -0.4 is 14.2 Å². The van der Waals surface area contributed by atoms with Crippen LogP contribution in [-0.2, 0) is 4.74 Å². The summed E-state index contributed by atoms with van der Waals surface area (Å²) < 4.78 is 25.7. The van der Waals surface area contributed by atoms with Crippen molar-refractivity contribution in [2.24, 2.45) is 0 Å². The summed E-state index contributed by atoms with van der Waals surface area (Å²) in [7, 11) is 0. The van der Waals surface area contributed by atoms with Crippen molar-refractivity contribution in [1.82, 2.24) is 0 Å². The summed E-state index contributed by atoms with van der Waals surface area (Å²) in [6, 6.07) is 37.8. The van der Waals surface area contributed by atoms with Gasteiger partial charge in [-0.05, 0) is 117 Å². The van der Waals surface area contributed by atoms with E-state index in [4.69, 9.17) is 18.9 Å². The monoisotopic (exact) mass is 1070 g/mol. The second-order valence-electron chi connectivity index (χ2n) is 21.0. The number of phenols is 9. The van der Waals surface area contributed by atoms with Gasteiger partial charge in [-0.3, -0.25) is 0 Å². The second kappa shape index (κ2) is 18.7. The fourth-order valence-corrected chi connectivity index (χ4v) is 13.4. The average Bonchev–Trinajstić information content (AvgIpc) is 3.03. The van der Waals surface area contributed by atoms with Crippen molar-refractivity contribution >= 4 is 0 Å². The Hall–Kier alpha value is -8.84. The van der Waals surface area contributed by atoms with Crippen molar-refractivity contribution in [2.75, 3.05) is 6.61 Å². The van der Waals surface area contributed by atoms with Gasteiger partial charge in [0.1, 0.15) is 106 Å². The maximum atomic E-state index is 13.0. The molecule has 13 atom stereocenters. The van der Waals surface area contributed by atoms with Gasteiger partial charge < -0.3 is 85.3 Å². The lowest BCUT2D eigenvalue weighted by atomic mass is 9.68. The Labute approximate surface area is 450 Å². The average molecular weight is 1070 g/mol. The summed E-state index contributed by atoms with van der Waals surface area (Å²) in [6.45, 7) is -0.718. The van der Waals surface area contributed by atoms with Crippen LogP contribution in [0.4, 0.5) is 0 Å². The molecule has 8 aromatic rings. The Morgan fingerprint density at radius 1 is 0.367 bits per heavy atom. The highest BCUT2D eigenvalue weighted by Gasteiger charge is 2.58. The van der Waals surface area contributed by atoms with Crippen molar-refractivity contribution < 1.29 is 85.3 Å². The van der Waals surface area contributed by atoms with Crippen LogP contribution in [0.5, 0.6) is 69.0 Å². The van der Waals surface area contributed by atoms with E-state index in [0.717, 1.165) is 0 Å². The number of phenolic OH excluding ortho intramolecular Hbond substituents is 9. The van der Waals surface area contributed by atoms with E-state index in [1.54, 1.807) is 97.1 Å². The number of ether oxygens (including phenoxy) is 4. The third-order valence-electron chi connectivity index (χ3n) is 16.5. The van der Waals surface area contributed by atoms with Crippen molar-refractivity contribution in [3.63, 3.8) is 0 Å². The smallest absolute Gasteiger partial charge is 0.229 e. The Morgan fingerprint density at radius 3 is 1.47 bits per heavy atom. The summed E-state index contributed by atoms with van der Waals surface area (Å²) in [5.41, 5.74) is 6.43. The first-order chi connectivity index (χ1) is 38.0. The Balaban J connectivity index is 1.09. The Bertz CT molecular complexity index is 3680. The Morgan fingerprint density at radius 2 is 0.873 bits per heavy atom. The molecule has 2 aliphatic carbocycles. The highest BCUT2D eigenvalue weighted by Crippen LogP contribution is 2.72. The fourth-order valence-electron chi connectivity index (χ4n) is 13.4. The molecule has 0 amide bonds. The molecule has 13 N–H and O–H groups in total. The maximum Gasteiger partial charge on any atom is 0.229 e. The SMILES string of the molecule is OC[C@H]1O[C@@H](Oc2cc(O)cc([C@H]3c4c(cc(O)cc4[C@@H]4c5c(O)cc6c7c5[C@H]([C@@H](c5ccc(O)cc5)c5c(O)cc(O)cc5[C@@H]7[C@@H](c5ccc(O)cc5)O6)[C@H]4c4ccc(O)cc4)O[C@@H]3c3ccc(O)cc3)c2)[C@H](O)[C@@H](O)[C@@H]1O. The van der Waals surface area contributed by atoms with E-state index in [1.807, 2.05) is 0 Å². The molecule has 17 heteroatoms. The molecule has 0 spiro atoms. The number of benzene rings is 8. The third kappa shape index (κ3) is 8.02. The molecule has 0 radical (unpaired) electrons. The van der Waals surface area contributed by atoms with Crippen LogP contribution in [0.2, 0.25) is 0 Å². The van der Waals surface area contributed by atoms with Crippen molar-refractivity contribution in [3.8, 4) is 69.0 Å². The number of aliphatic hydroxyl groups is 4. The zero-order valence-corrected chi connectivity index (χ0v) is 41.5. The van der Waals surface area contributed by atoms with E-state index >= 15 is 0 Å². The topological polar surface area (TPSA) is 300 Å². The molecule has 1 saturated heterocycles. The fraction of sp³-hybridized carbons (Fsp3) is 0.226. The van der Waals surface area contributed by atoms with Crippen molar-refractivity contribution in [1.29, 1.82) is 0 Å². The molecule has 1 fully saturated rings. The lowest BCUT2D eigenvalue weighted by Gasteiger charge is -2.39. The zero-order chi connectivity index (χ0) is 54.9. The molecule has 0 unspecified atom stereocenters. The molecule has 0 saturated carbocycles. The lowest BCUT2D eigenvalue weighted by Crippen LogP contribution is -2.60. The first-order valence-corrected chi connectivity index (χ1v) is 25.7. The minimum atomic E-state index is -1.79. The largest absolute Gasteiger partial charge is 0.508 e. The number of hydrogen-bond donors (Lipinski definition) is 13. The van der Waals surface area contributed by atoms with Crippen LogP contribution >= 0.6 is 0 Å². The number of aliphatic hydroxyl groups excluding tert-OH is 4. The van der Waals surface area contributed by atoms with E-state index in [-0.39, 0.29) is 63.2 Å². The minimum Gasteiger partial charge on any atom is -0.508 e. The van der Waals surface area contributed by atoms with Crippen LogP contribution in [0.25, 0.3) is 0 Å². The molecule has 5 aliphatic rings. The summed E-state index contributed by atoms with van der Waals surface area (Å²) in [4.78, 5) is 0. The Kier molecular flexibility index (Phi) is 11.8. The standard InChI is InChI=1S/C62H52O17/c63-25-45-57(73)58(74)59(75)62(79-45)76-38-18-30(17-35(68)19-38)48-50-40(21-37(70)23-43(50)77-60(48)28-5-13-33(66)14-6-28)51-47(27-3-11-32(65)12-4-27)55-46(26-1-9-31(64)10-2-26)49-39(20-36(69)22-41(49)71)52-54-44(24-42(72)53(51)56(54)55)78-61(52)29-7-15-34(67)16-8-29/h1-24,45-48,51-52,55,57-75H,25H2/t45-,46+,47+,48+,51+,52+,55-,57-,58+,59-,60-,61-,62-/m1/s1. The summed E-state index contributed by atoms with van der Waals surface area (Å²) in [5.74, 6) is -5.82. The van der Waals surface area contributed by atoms with Gasteiger partial charge >= 0.3 is 0 Å². The maximum absolute atomic E-state index is 13.0. The van der Waals surface area contributed by atoms with E-state index in [2.05, 4.69) is 0 Å². The van der Waals surface area contributed by atoms with Gasteiger partial charge in [-0.25, -0.2) is 0 Å². The molecule has 0 bridgehead atoms. The number of aromatic hydroxyl groups is 9. The molecule has 3 heterocycles. The van der Waals surface area contributed by atoms with Gasteiger partial charge in [0.05, 0.1) is 18.4 Å². The van der Waals surface area contributed by atoms with Gasteiger partial charge in [0.2, 0.25) is 6.29 Å². The molecule has 402 valence electrons. The summed E-state index contributed by atoms with van der Waals surface area (Å²) in [6.07, 6.45) is -9.97.